The Morgan fingerprint density at radius 2 is 1.87 bits per heavy atom. The van der Waals surface area contributed by atoms with Crippen LogP contribution in [0.25, 0.3) is 11.3 Å². The van der Waals surface area contributed by atoms with Gasteiger partial charge in [0.1, 0.15) is 16.4 Å². The molecular formula is C24H27N3O2S2. The number of ether oxygens (including phenoxy) is 1. The fraction of sp³-hybridized carbons (Fsp3) is 0.333. The number of piperidine rings is 1. The van der Waals surface area contributed by atoms with Gasteiger partial charge in [-0.3, -0.25) is 4.79 Å². The largest absolute Gasteiger partial charge is 0.497 e. The minimum Gasteiger partial charge on any atom is -0.497 e. The summed E-state index contributed by atoms with van der Waals surface area (Å²) in [6, 6.07) is 18.3. The van der Waals surface area contributed by atoms with Crippen molar-refractivity contribution in [3.63, 3.8) is 0 Å². The van der Waals surface area contributed by atoms with Gasteiger partial charge < -0.3 is 15.4 Å². The van der Waals surface area contributed by atoms with E-state index < -0.39 is 0 Å². The lowest BCUT2D eigenvalue weighted by Gasteiger charge is -2.32. The van der Waals surface area contributed by atoms with Gasteiger partial charge in [0.2, 0.25) is 5.91 Å². The number of carbonyl (C=O) groups is 1. The fourth-order valence-corrected chi connectivity index (χ4v) is 5.73. The van der Waals surface area contributed by atoms with Gasteiger partial charge in [-0.05, 0) is 55.0 Å². The molecule has 3 aromatic rings. The molecule has 4 rings (SSSR count). The van der Waals surface area contributed by atoms with Crippen LogP contribution in [0.2, 0.25) is 0 Å². The topological polar surface area (TPSA) is 68.5 Å². The van der Waals surface area contributed by atoms with Crippen molar-refractivity contribution in [1.29, 1.82) is 0 Å². The molecule has 5 nitrogen and oxygen atoms in total. The molecule has 0 spiro atoms. The van der Waals surface area contributed by atoms with Crippen molar-refractivity contribution >= 4 is 34.0 Å². The lowest BCUT2D eigenvalue weighted by molar-refractivity contribution is -0.129. The third kappa shape index (κ3) is 5.60. The van der Waals surface area contributed by atoms with Crippen LogP contribution in [0.15, 0.2) is 58.9 Å². The minimum atomic E-state index is 0.183. The molecule has 0 saturated carbocycles. The smallest absolute Gasteiger partial charge is 0.233 e. The monoisotopic (exact) mass is 453 g/mol. The molecule has 2 N–H and O–H groups in total. The van der Waals surface area contributed by atoms with Crippen molar-refractivity contribution in [2.75, 3.05) is 31.7 Å². The number of aromatic nitrogens is 1. The van der Waals surface area contributed by atoms with Crippen molar-refractivity contribution in [3.8, 4) is 17.0 Å². The Hall–Kier alpha value is -2.51. The second-order valence-corrected chi connectivity index (χ2v) is 9.98. The summed E-state index contributed by atoms with van der Waals surface area (Å²) >= 11 is 2.91. The van der Waals surface area contributed by atoms with E-state index in [4.69, 9.17) is 10.5 Å². The van der Waals surface area contributed by atoms with Crippen LogP contribution in [0.1, 0.15) is 18.4 Å². The predicted molar refractivity (Wildman–Crippen MR) is 129 cm³/mol. The number of amides is 1. The van der Waals surface area contributed by atoms with E-state index in [0.29, 0.717) is 16.7 Å². The second-order valence-electron chi connectivity index (χ2n) is 7.72. The van der Waals surface area contributed by atoms with Gasteiger partial charge in [-0.25, -0.2) is 4.98 Å². The molecule has 1 saturated heterocycles. The fourth-order valence-electron chi connectivity index (χ4n) is 3.88. The van der Waals surface area contributed by atoms with Crippen molar-refractivity contribution in [3.05, 3.63) is 60.2 Å². The molecule has 0 unspecified atom stereocenters. The van der Waals surface area contributed by atoms with Gasteiger partial charge in [-0.2, -0.15) is 0 Å². The molecular weight excluding hydrogens is 426 g/mol. The van der Waals surface area contributed by atoms with Gasteiger partial charge >= 0.3 is 0 Å². The maximum atomic E-state index is 12.7. The Labute approximate surface area is 191 Å². The number of hydrogen-bond donors (Lipinski definition) is 1. The highest BCUT2D eigenvalue weighted by Crippen LogP contribution is 2.36. The van der Waals surface area contributed by atoms with E-state index in [1.807, 2.05) is 29.2 Å². The molecule has 2 heterocycles. The molecule has 1 amide bonds. The third-order valence-corrected chi connectivity index (χ3v) is 7.66. The maximum Gasteiger partial charge on any atom is 0.233 e. The number of anilines is 1. The number of carbonyl (C=O) groups excluding carboxylic acids is 1. The minimum absolute atomic E-state index is 0.183. The molecule has 2 aromatic carbocycles. The molecule has 1 aliphatic heterocycles. The number of thiazole rings is 1. The molecule has 1 fully saturated rings. The van der Waals surface area contributed by atoms with Crippen LogP contribution in [0.5, 0.6) is 5.75 Å². The summed E-state index contributed by atoms with van der Waals surface area (Å²) in [5.41, 5.74) is 9.29. The highest BCUT2D eigenvalue weighted by Gasteiger charge is 2.23. The molecule has 1 aromatic heterocycles. The zero-order valence-corrected chi connectivity index (χ0v) is 19.3. The van der Waals surface area contributed by atoms with Crippen LogP contribution in [-0.2, 0) is 11.2 Å². The number of benzene rings is 2. The van der Waals surface area contributed by atoms with Crippen LogP contribution in [0.3, 0.4) is 0 Å². The number of thioether (sulfide) groups is 1. The van der Waals surface area contributed by atoms with Crippen LogP contribution in [0.4, 0.5) is 5.00 Å². The van der Waals surface area contributed by atoms with E-state index >= 15 is 0 Å². The Balaban J connectivity index is 1.27. The van der Waals surface area contributed by atoms with E-state index in [9.17, 15) is 4.79 Å². The predicted octanol–water partition coefficient (Wildman–Crippen LogP) is 4.97. The molecule has 31 heavy (non-hydrogen) atoms. The van der Waals surface area contributed by atoms with Gasteiger partial charge in [0, 0.05) is 18.7 Å². The highest BCUT2D eigenvalue weighted by molar-refractivity contribution is 8.01. The van der Waals surface area contributed by atoms with E-state index in [2.05, 4.69) is 35.3 Å². The molecule has 0 radical (unpaired) electrons. The maximum absolute atomic E-state index is 12.7. The molecule has 1 aliphatic rings. The van der Waals surface area contributed by atoms with E-state index in [1.165, 1.54) is 28.7 Å². The normalized spacial score (nSPS) is 14.5. The zero-order chi connectivity index (χ0) is 21.6. The summed E-state index contributed by atoms with van der Waals surface area (Å²) < 4.78 is 6.03. The Morgan fingerprint density at radius 3 is 2.55 bits per heavy atom. The van der Waals surface area contributed by atoms with Gasteiger partial charge in [0.25, 0.3) is 0 Å². The molecule has 0 bridgehead atoms. The standard InChI is InChI=1S/C24H27N3O2S2/c1-29-20-9-7-19(8-10-20)22-23(25)31-24(26-22)30-16-21(28)27-13-11-18(12-14-27)15-17-5-3-2-4-6-17/h2-10,18H,11-16,25H2,1H3. The van der Waals surface area contributed by atoms with Gasteiger partial charge in [0.05, 0.1) is 12.9 Å². The Morgan fingerprint density at radius 1 is 1.16 bits per heavy atom. The molecule has 0 atom stereocenters. The number of nitrogen functional groups attached to an aromatic ring is 1. The lowest BCUT2D eigenvalue weighted by atomic mass is 9.90. The quantitative estimate of drug-likeness (QED) is 0.511. The summed E-state index contributed by atoms with van der Waals surface area (Å²) in [5, 5.41) is 0.668. The van der Waals surface area contributed by atoms with Crippen LogP contribution in [-0.4, -0.2) is 41.7 Å². The number of nitrogens with two attached hydrogens (primary N) is 1. The number of likely N-dealkylation sites (tertiary alicyclic amines) is 1. The average Bonchev–Trinajstić information content (AvgIpc) is 3.19. The molecule has 0 aliphatic carbocycles. The van der Waals surface area contributed by atoms with Crippen molar-refractivity contribution in [2.24, 2.45) is 5.92 Å². The second kappa shape index (κ2) is 10.2. The SMILES string of the molecule is COc1ccc(-c2nc(SCC(=O)N3CCC(Cc4ccccc4)CC3)sc2N)cc1. The number of rotatable bonds is 7. The summed E-state index contributed by atoms with van der Waals surface area (Å²) in [6.45, 7) is 1.68. The lowest BCUT2D eigenvalue weighted by Crippen LogP contribution is -2.39. The number of nitrogens with zero attached hydrogens (tertiary/aromatic N) is 2. The number of hydrogen-bond acceptors (Lipinski definition) is 6. The average molecular weight is 454 g/mol. The molecule has 7 heteroatoms. The van der Waals surface area contributed by atoms with Crippen LogP contribution in [0, 0.1) is 5.92 Å². The first kappa shape index (κ1) is 21.7. The molecule has 162 valence electrons. The summed E-state index contributed by atoms with van der Waals surface area (Å²) in [4.78, 5) is 19.4. The zero-order valence-electron chi connectivity index (χ0n) is 17.6. The summed E-state index contributed by atoms with van der Waals surface area (Å²) in [5.74, 6) is 2.04. The first-order valence-corrected chi connectivity index (χ1v) is 12.3. The van der Waals surface area contributed by atoms with Gasteiger partial charge in [-0.15, -0.1) is 0 Å². The van der Waals surface area contributed by atoms with Crippen molar-refractivity contribution < 1.29 is 9.53 Å². The summed E-state index contributed by atoms with van der Waals surface area (Å²) in [7, 11) is 1.64. The first-order chi connectivity index (χ1) is 15.1. The van der Waals surface area contributed by atoms with Gasteiger partial charge in [-0.1, -0.05) is 53.4 Å². The van der Waals surface area contributed by atoms with Crippen LogP contribution >= 0.6 is 23.1 Å². The van der Waals surface area contributed by atoms with Crippen LogP contribution < -0.4 is 10.5 Å². The summed E-state index contributed by atoms with van der Waals surface area (Å²) in [6.07, 6.45) is 3.23. The van der Waals surface area contributed by atoms with Gasteiger partial charge in [0.15, 0.2) is 4.34 Å². The third-order valence-electron chi connectivity index (χ3n) is 5.65. The van der Waals surface area contributed by atoms with Crippen molar-refractivity contribution in [1.82, 2.24) is 9.88 Å². The van der Waals surface area contributed by atoms with Crippen molar-refractivity contribution in [2.45, 2.75) is 23.6 Å². The van der Waals surface area contributed by atoms with E-state index in [0.717, 1.165) is 53.7 Å². The Kier molecular flexibility index (Phi) is 7.14. The Bertz CT molecular complexity index is 997. The van der Waals surface area contributed by atoms with E-state index in [-0.39, 0.29) is 5.91 Å². The van der Waals surface area contributed by atoms with E-state index in [1.54, 1.807) is 7.11 Å². The first-order valence-electron chi connectivity index (χ1n) is 10.5. The number of methoxy groups -OCH3 is 1. The highest BCUT2D eigenvalue weighted by atomic mass is 32.2.